The van der Waals surface area contributed by atoms with Crippen LogP contribution in [0.2, 0.25) is 0 Å². The zero-order valence-corrected chi connectivity index (χ0v) is 28.6. The van der Waals surface area contributed by atoms with E-state index in [1.54, 1.807) is 25.1 Å². The Morgan fingerprint density at radius 3 is 2.05 bits per heavy atom. The first-order valence-corrected chi connectivity index (χ1v) is 16.2. The van der Waals surface area contributed by atoms with E-state index in [4.69, 9.17) is 10.5 Å². The van der Waals surface area contributed by atoms with E-state index in [1.807, 2.05) is 34.0 Å². The lowest BCUT2D eigenvalue weighted by Gasteiger charge is -2.24. The number of thioether (sulfide) groups is 1. The molecule has 236 valence electrons. The van der Waals surface area contributed by atoms with Crippen molar-refractivity contribution in [1.29, 1.82) is 0 Å². The Morgan fingerprint density at radius 1 is 0.976 bits per heavy atom. The van der Waals surface area contributed by atoms with Gasteiger partial charge in [-0.1, -0.05) is 70.5 Å². The first kappa shape index (κ1) is 39.0. The Balaban J connectivity index is 0.000000785. The van der Waals surface area contributed by atoms with E-state index in [-0.39, 0.29) is 17.9 Å². The number of amides is 2. The molecule has 0 spiro atoms. The van der Waals surface area contributed by atoms with Gasteiger partial charge in [0.25, 0.3) is 5.91 Å². The molecule has 2 aromatic carbocycles. The van der Waals surface area contributed by atoms with Gasteiger partial charge in [-0.15, -0.1) is 11.8 Å². The molecule has 0 aliphatic heterocycles. The molecule has 42 heavy (non-hydrogen) atoms. The van der Waals surface area contributed by atoms with Crippen molar-refractivity contribution >= 4 is 29.3 Å². The topological polar surface area (TPSA) is 105 Å². The number of rotatable bonds is 13. The molecular formula is C34H56N4O3S. The maximum atomic E-state index is 12.1. The molecule has 2 amide bonds. The lowest BCUT2D eigenvalue weighted by molar-refractivity contribution is -0.121. The molecule has 2 aromatic rings. The van der Waals surface area contributed by atoms with E-state index < -0.39 is 6.04 Å². The normalized spacial score (nSPS) is 11.8. The zero-order valence-electron chi connectivity index (χ0n) is 27.8. The molecule has 0 radical (unpaired) electrons. The summed E-state index contributed by atoms with van der Waals surface area (Å²) in [6.45, 7) is 22.3. The quantitative estimate of drug-likeness (QED) is 0.149. The molecule has 0 heterocycles. The monoisotopic (exact) mass is 600 g/mol. The van der Waals surface area contributed by atoms with Gasteiger partial charge in [-0.05, 0) is 76.5 Å². The average Bonchev–Trinajstić information content (AvgIpc) is 2.97. The molecule has 8 heteroatoms. The highest BCUT2D eigenvalue weighted by atomic mass is 32.2. The summed E-state index contributed by atoms with van der Waals surface area (Å²) in [5.74, 6) is 0.346. The summed E-state index contributed by atoms with van der Waals surface area (Å²) in [5.41, 5.74) is 10.1. The molecular weight excluding hydrogens is 544 g/mol. The van der Waals surface area contributed by atoms with E-state index in [1.165, 1.54) is 35.0 Å². The maximum Gasteiger partial charge on any atom is 0.251 e. The first-order chi connectivity index (χ1) is 19.8. The Hall–Kier alpha value is -2.97. The second kappa shape index (κ2) is 20.8. The van der Waals surface area contributed by atoms with Crippen molar-refractivity contribution in [2.24, 2.45) is 11.1 Å². The van der Waals surface area contributed by atoms with Gasteiger partial charge in [-0.2, -0.15) is 0 Å². The van der Waals surface area contributed by atoms with E-state index in [9.17, 15) is 9.59 Å². The van der Waals surface area contributed by atoms with Crippen molar-refractivity contribution in [2.75, 3.05) is 25.9 Å². The van der Waals surface area contributed by atoms with Crippen LogP contribution in [-0.4, -0.2) is 49.9 Å². The number of aryl methyl sites for hydroxylation is 1. The Morgan fingerprint density at radius 2 is 1.55 bits per heavy atom. The zero-order chi connectivity index (χ0) is 32.3. The lowest BCUT2D eigenvalue weighted by Crippen LogP contribution is -2.42. The van der Waals surface area contributed by atoms with Gasteiger partial charge >= 0.3 is 0 Å². The summed E-state index contributed by atoms with van der Waals surface area (Å²) >= 11 is 1.53. The van der Waals surface area contributed by atoms with Crippen LogP contribution in [0, 0.1) is 12.3 Å². The third-order valence-corrected chi connectivity index (χ3v) is 7.04. The number of hydrogen-bond acceptors (Lipinski definition) is 6. The highest BCUT2D eigenvalue weighted by Gasteiger charge is 2.15. The van der Waals surface area contributed by atoms with Crippen molar-refractivity contribution in [2.45, 2.75) is 92.7 Å². The Kier molecular flexibility index (Phi) is 19.4. The molecule has 0 unspecified atom stereocenters. The van der Waals surface area contributed by atoms with Gasteiger partial charge < -0.3 is 26.4 Å². The third kappa shape index (κ3) is 15.3. The second-order valence-corrected chi connectivity index (χ2v) is 11.7. The van der Waals surface area contributed by atoms with Gasteiger partial charge in [0.05, 0.1) is 12.1 Å². The summed E-state index contributed by atoms with van der Waals surface area (Å²) in [7, 11) is 0. The summed E-state index contributed by atoms with van der Waals surface area (Å²) in [6.07, 6.45) is 5.35. The molecule has 0 saturated carbocycles. The number of benzene rings is 2. The molecule has 5 N–H and O–H groups in total. The van der Waals surface area contributed by atoms with Crippen molar-refractivity contribution in [3.63, 3.8) is 0 Å². The molecule has 1 atom stereocenters. The van der Waals surface area contributed by atoms with Crippen LogP contribution in [0.25, 0.3) is 5.70 Å². The lowest BCUT2D eigenvalue weighted by atomic mass is 9.90. The van der Waals surface area contributed by atoms with Gasteiger partial charge in [0.15, 0.2) is 0 Å². The van der Waals surface area contributed by atoms with Gasteiger partial charge in [0.2, 0.25) is 5.91 Å². The second-order valence-electron chi connectivity index (χ2n) is 10.8. The minimum atomic E-state index is -0.552. The molecule has 0 aliphatic carbocycles. The van der Waals surface area contributed by atoms with Crippen LogP contribution < -0.4 is 26.4 Å². The van der Waals surface area contributed by atoms with Crippen molar-refractivity contribution in [1.82, 2.24) is 16.0 Å². The van der Waals surface area contributed by atoms with Crippen LogP contribution in [0.3, 0.4) is 0 Å². The van der Waals surface area contributed by atoms with Gasteiger partial charge in [-0.3, -0.25) is 9.59 Å². The Labute approximate surface area is 259 Å². The molecule has 2 rings (SSSR count). The minimum absolute atomic E-state index is 0.0779. The van der Waals surface area contributed by atoms with Crippen LogP contribution in [0.15, 0.2) is 53.4 Å². The van der Waals surface area contributed by atoms with E-state index in [0.717, 1.165) is 17.2 Å². The summed E-state index contributed by atoms with van der Waals surface area (Å²) < 4.78 is 5.71. The van der Waals surface area contributed by atoms with Gasteiger partial charge in [0.1, 0.15) is 5.75 Å². The van der Waals surface area contributed by atoms with Crippen LogP contribution in [0.5, 0.6) is 5.75 Å². The van der Waals surface area contributed by atoms with Gasteiger partial charge in [-0.25, -0.2) is 0 Å². The standard InChI is InChI=1S/C16H25N3O3S.C16H25N.C2H6/c1-10(2)22-13-6-5-12(9-14(13)23-4)16(21)19-8-7-18-15(20)11(3)17;1-6-15(17-12-16(4,5)7-2)14-10-8-13(3)9-11-14;1-2/h5-6,9-11H,7-8,17H2,1-4H3,(H,18,20)(H,19,21);6,8-11,17H,7,12H2,1-5H3;1-2H3/b;15-6-;/t11-;;/m1../s1. The molecule has 0 saturated heterocycles. The first-order valence-electron chi connectivity index (χ1n) is 15.0. The summed E-state index contributed by atoms with van der Waals surface area (Å²) in [5, 5.41) is 8.96. The molecule has 7 nitrogen and oxygen atoms in total. The van der Waals surface area contributed by atoms with Crippen LogP contribution in [-0.2, 0) is 4.79 Å². The highest BCUT2D eigenvalue weighted by Crippen LogP contribution is 2.29. The number of carbonyl (C=O) groups is 2. The van der Waals surface area contributed by atoms with Crippen LogP contribution in [0.1, 0.15) is 90.2 Å². The molecule has 0 fully saturated rings. The largest absolute Gasteiger partial charge is 0.490 e. The van der Waals surface area contributed by atoms with E-state index in [0.29, 0.717) is 24.1 Å². The Bertz CT molecular complexity index is 1100. The number of hydrogen-bond donors (Lipinski definition) is 4. The smallest absolute Gasteiger partial charge is 0.251 e. The highest BCUT2D eigenvalue weighted by molar-refractivity contribution is 7.98. The number of nitrogens with one attached hydrogen (secondary N) is 3. The third-order valence-electron chi connectivity index (χ3n) is 6.28. The summed E-state index contributed by atoms with van der Waals surface area (Å²) in [4.78, 5) is 24.3. The number of carbonyl (C=O) groups excluding carboxylic acids is 2. The molecule has 0 aromatic heterocycles. The number of allylic oxidation sites excluding steroid dienone is 1. The van der Waals surface area contributed by atoms with Crippen LogP contribution in [0.4, 0.5) is 0 Å². The predicted octanol–water partition coefficient (Wildman–Crippen LogP) is 6.80. The van der Waals surface area contributed by atoms with Crippen molar-refractivity contribution < 1.29 is 14.3 Å². The number of nitrogens with two attached hydrogens (primary N) is 1. The van der Waals surface area contributed by atoms with E-state index >= 15 is 0 Å². The predicted molar refractivity (Wildman–Crippen MR) is 181 cm³/mol. The number of ether oxygens (including phenoxy) is 1. The van der Waals surface area contributed by atoms with E-state index in [2.05, 4.69) is 80.9 Å². The SMILES string of the molecule is C/C=C(\NCC(C)(C)CC)c1ccc(C)cc1.CC.CSc1cc(C(=O)NCCNC(=O)[C@@H](C)N)ccc1OC(C)C. The summed E-state index contributed by atoms with van der Waals surface area (Å²) in [6, 6.07) is 13.5. The fraction of sp³-hybridized carbons (Fsp3) is 0.529. The minimum Gasteiger partial charge on any atom is -0.490 e. The maximum absolute atomic E-state index is 12.1. The van der Waals surface area contributed by atoms with Crippen LogP contribution >= 0.6 is 11.8 Å². The molecule has 0 bridgehead atoms. The molecule has 0 aliphatic rings. The average molecular weight is 601 g/mol. The van der Waals surface area contributed by atoms with Gasteiger partial charge in [0, 0.05) is 35.8 Å². The van der Waals surface area contributed by atoms with Crippen molar-refractivity contribution in [3.8, 4) is 5.75 Å². The fourth-order valence-electron chi connectivity index (χ4n) is 3.35. The fourth-order valence-corrected chi connectivity index (χ4v) is 3.91. The van der Waals surface area contributed by atoms with Crippen molar-refractivity contribution in [3.05, 3.63) is 65.2 Å².